The Hall–Kier alpha value is -3.57. The molecule has 1 aromatic rings. The van der Waals surface area contributed by atoms with Crippen molar-refractivity contribution in [2.45, 2.75) is 102 Å². The maximum atomic E-state index is 14.3. The van der Waals surface area contributed by atoms with Gasteiger partial charge < -0.3 is 49.8 Å². The van der Waals surface area contributed by atoms with E-state index in [9.17, 15) is 49.5 Å². The van der Waals surface area contributed by atoms with Crippen molar-refractivity contribution in [3.8, 4) is 0 Å². The van der Waals surface area contributed by atoms with Gasteiger partial charge in [-0.05, 0) is 23.9 Å². The Morgan fingerprint density at radius 1 is 1.15 bits per heavy atom. The summed E-state index contributed by atoms with van der Waals surface area (Å²) >= 11 is 1.08. The molecule has 1 aromatic heterocycles. The van der Waals surface area contributed by atoms with Crippen LogP contribution in [-0.2, 0) is 33.3 Å². The number of Topliss-reactive ketones (excluding diaryl/α,β-unsaturated/α-hetero) is 1. The van der Waals surface area contributed by atoms with Crippen LogP contribution < -0.4 is 5.32 Å². The Labute approximate surface area is 273 Å². The standard InChI is InChI=1S/C31H39NO14S/c1-13-16(44-25(37)22(36)21(32-26(38)39)17-7-6-8-47-17)11-31(42)24(45-27(40)41)23-29(5,10-15(34)20(13)28(31,3)4)18(35)9-19-30(23,12-43-19)46-14(2)33/h6-8,16,18-19,21-24,32,35-36,42H,9-12H2,1-5H3,(H,38,39)(H,40,41)/t16-,18-,19+,21-,22+,23-,24-,29+,30-,31+/m0/s1. The lowest BCUT2D eigenvalue weighted by molar-refractivity contribution is -0.350. The highest BCUT2D eigenvalue weighted by molar-refractivity contribution is 7.10. The average Bonchev–Trinajstić information content (AvgIpc) is 3.48. The first kappa shape index (κ1) is 34.8. The molecule has 6 N–H and O–H groups in total. The Morgan fingerprint density at radius 2 is 1.83 bits per heavy atom. The predicted octanol–water partition coefficient (Wildman–Crippen LogP) is 1.93. The van der Waals surface area contributed by atoms with Gasteiger partial charge in [-0.15, -0.1) is 11.3 Å². The zero-order valence-electron chi connectivity index (χ0n) is 26.4. The molecule has 0 unspecified atom stereocenters. The van der Waals surface area contributed by atoms with E-state index in [0.29, 0.717) is 4.88 Å². The second kappa shape index (κ2) is 11.8. The number of carbonyl (C=O) groups excluding carboxylic acids is 3. The number of ether oxygens (including phenoxy) is 4. The molecule has 3 fully saturated rings. The van der Waals surface area contributed by atoms with Gasteiger partial charge in [-0.1, -0.05) is 26.8 Å². The maximum Gasteiger partial charge on any atom is 0.506 e. The van der Waals surface area contributed by atoms with E-state index < -0.39 is 101 Å². The molecule has 3 aliphatic carbocycles. The number of fused-ring (bicyclic) bond motifs is 5. The Kier molecular flexibility index (Phi) is 8.76. The van der Waals surface area contributed by atoms with Crippen LogP contribution >= 0.6 is 11.3 Å². The maximum absolute atomic E-state index is 14.3. The molecule has 2 heterocycles. The summed E-state index contributed by atoms with van der Waals surface area (Å²) in [6.07, 6.45) is -11.7. The monoisotopic (exact) mass is 681 g/mol. The Balaban J connectivity index is 1.63. The van der Waals surface area contributed by atoms with Gasteiger partial charge in [0.15, 0.2) is 17.5 Å². The van der Waals surface area contributed by atoms with Crippen molar-refractivity contribution >= 4 is 41.3 Å². The molecule has 2 bridgehead atoms. The van der Waals surface area contributed by atoms with Gasteiger partial charge in [0.1, 0.15) is 30.0 Å². The lowest BCUT2D eigenvalue weighted by atomic mass is 9.45. The summed E-state index contributed by atoms with van der Waals surface area (Å²) in [7, 11) is 0. The van der Waals surface area contributed by atoms with Crippen molar-refractivity contribution in [3.63, 3.8) is 0 Å². The number of thiophene rings is 1. The van der Waals surface area contributed by atoms with Gasteiger partial charge in [0.25, 0.3) is 0 Å². The molecule has 0 radical (unpaired) electrons. The molecule has 4 aliphatic rings. The third-order valence-corrected chi connectivity index (χ3v) is 11.6. The summed E-state index contributed by atoms with van der Waals surface area (Å²) < 4.78 is 22.7. The van der Waals surface area contributed by atoms with E-state index in [2.05, 4.69) is 5.32 Å². The van der Waals surface area contributed by atoms with Gasteiger partial charge in [0.2, 0.25) is 0 Å². The molecule has 5 rings (SSSR count). The summed E-state index contributed by atoms with van der Waals surface area (Å²) in [6.45, 7) is 7.04. The van der Waals surface area contributed by atoms with Crippen LogP contribution in [0.3, 0.4) is 0 Å². The topological polar surface area (TPSA) is 235 Å². The molecule has 2 saturated carbocycles. The van der Waals surface area contributed by atoms with Crippen LogP contribution in [0.25, 0.3) is 0 Å². The number of amides is 1. The molecule has 0 spiro atoms. The first-order valence-corrected chi connectivity index (χ1v) is 15.9. The van der Waals surface area contributed by atoms with E-state index >= 15 is 0 Å². The number of nitrogens with one attached hydrogen (secondary N) is 1. The van der Waals surface area contributed by atoms with Gasteiger partial charge >= 0.3 is 24.2 Å². The molecule has 258 valence electrons. The van der Waals surface area contributed by atoms with E-state index in [-0.39, 0.29) is 30.6 Å². The SMILES string of the molecule is CC(=O)O[C@@]12CO[C@@H]1C[C@H](O)[C@@]1(C)CC(=O)C3=C(C)[C@@H](OC(=O)[C@H](O)[C@@H](NC(=O)O)c4cccs4)C[C@@](O)([C@@H](OC(=O)O)[C@@H]12)C3(C)C. The number of hydrogen-bond acceptors (Lipinski definition) is 13. The van der Waals surface area contributed by atoms with Crippen molar-refractivity contribution < 1.29 is 68.5 Å². The highest BCUT2D eigenvalue weighted by Gasteiger charge is 2.76. The minimum absolute atomic E-state index is 0.0105. The quantitative estimate of drug-likeness (QED) is 0.178. The lowest BCUT2D eigenvalue weighted by Crippen LogP contribution is -2.80. The van der Waals surface area contributed by atoms with Gasteiger partial charge in [-0.2, -0.15) is 0 Å². The lowest BCUT2D eigenvalue weighted by Gasteiger charge is -2.67. The van der Waals surface area contributed by atoms with E-state index in [1.165, 1.54) is 26.8 Å². The molecule has 1 aliphatic heterocycles. The van der Waals surface area contributed by atoms with E-state index in [0.717, 1.165) is 18.3 Å². The van der Waals surface area contributed by atoms with E-state index in [1.807, 2.05) is 0 Å². The summed E-state index contributed by atoms with van der Waals surface area (Å²) in [5.41, 5.74) is -6.74. The third-order valence-electron chi connectivity index (χ3n) is 10.7. The van der Waals surface area contributed by atoms with Crippen LogP contribution in [0.5, 0.6) is 0 Å². The summed E-state index contributed by atoms with van der Waals surface area (Å²) in [4.78, 5) is 64.4. The van der Waals surface area contributed by atoms with Crippen LogP contribution in [0.1, 0.15) is 64.8 Å². The van der Waals surface area contributed by atoms with Crippen LogP contribution in [0.2, 0.25) is 0 Å². The molecular weight excluding hydrogens is 642 g/mol. The van der Waals surface area contributed by atoms with Crippen LogP contribution in [0, 0.1) is 16.7 Å². The second-order valence-corrected chi connectivity index (χ2v) is 14.6. The number of ketones is 1. The van der Waals surface area contributed by atoms with Crippen LogP contribution in [0.4, 0.5) is 9.59 Å². The van der Waals surface area contributed by atoms with Crippen molar-refractivity contribution in [2.75, 3.05) is 6.61 Å². The molecule has 1 amide bonds. The molecule has 47 heavy (non-hydrogen) atoms. The number of hydrogen-bond donors (Lipinski definition) is 6. The molecule has 15 nitrogen and oxygen atoms in total. The third kappa shape index (κ3) is 5.39. The number of carbonyl (C=O) groups is 5. The highest BCUT2D eigenvalue weighted by atomic mass is 32.1. The fraction of sp³-hybridized carbons (Fsp3) is 0.645. The fourth-order valence-electron chi connectivity index (χ4n) is 8.39. The van der Waals surface area contributed by atoms with Gasteiger partial charge in [-0.25, -0.2) is 14.4 Å². The predicted molar refractivity (Wildman–Crippen MR) is 159 cm³/mol. The molecule has 0 aromatic carbocycles. The highest BCUT2D eigenvalue weighted by Crippen LogP contribution is 2.64. The smallest absolute Gasteiger partial charge is 0.465 e. The molecule has 1 saturated heterocycles. The van der Waals surface area contributed by atoms with Gasteiger partial charge in [0.05, 0.1) is 18.6 Å². The Bertz CT molecular complexity index is 1510. The van der Waals surface area contributed by atoms with Crippen molar-refractivity contribution in [2.24, 2.45) is 16.7 Å². The minimum Gasteiger partial charge on any atom is -0.465 e. The van der Waals surface area contributed by atoms with Crippen molar-refractivity contribution in [1.82, 2.24) is 5.32 Å². The van der Waals surface area contributed by atoms with Gasteiger partial charge in [0, 0.05) is 47.5 Å². The number of aliphatic hydroxyl groups is 3. The number of rotatable bonds is 7. The number of esters is 2. The van der Waals surface area contributed by atoms with Gasteiger partial charge in [-0.3, -0.25) is 9.59 Å². The first-order chi connectivity index (χ1) is 21.8. The summed E-state index contributed by atoms with van der Waals surface area (Å²) in [6, 6.07) is 1.70. The Morgan fingerprint density at radius 3 is 2.36 bits per heavy atom. The average molecular weight is 682 g/mol. The molecule has 16 heteroatoms. The van der Waals surface area contributed by atoms with E-state index in [1.54, 1.807) is 18.4 Å². The largest absolute Gasteiger partial charge is 0.506 e. The fourth-order valence-corrected chi connectivity index (χ4v) is 9.19. The second-order valence-electron chi connectivity index (χ2n) is 13.6. The minimum atomic E-state index is -2.34. The van der Waals surface area contributed by atoms with E-state index in [4.69, 9.17) is 18.9 Å². The number of carboxylic acid groups (broad SMARTS) is 2. The van der Waals surface area contributed by atoms with Crippen molar-refractivity contribution in [3.05, 3.63) is 33.5 Å². The van der Waals surface area contributed by atoms with Crippen molar-refractivity contribution in [1.29, 1.82) is 0 Å². The zero-order chi connectivity index (χ0) is 34.9. The zero-order valence-corrected chi connectivity index (χ0v) is 27.2. The normalized spacial score (nSPS) is 37.0. The first-order valence-electron chi connectivity index (χ1n) is 15.1. The molecular formula is C31H39NO14S. The van der Waals surface area contributed by atoms with Crippen LogP contribution in [-0.4, -0.2) is 104 Å². The summed E-state index contributed by atoms with van der Waals surface area (Å²) in [5, 5.41) is 58.4. The summed E-state index contributed by atoms with van der Waals surface area (Å²) in [5.74, 6) is -3.85. The van der Waals surface area contributed by atoms with Crippen LogP contribution in [0.15, 0.2) is 28.7 Å². The number of aliphatic hydroxyl groups excluding tert-OH is 2. The molecule has 10 atom stereocenters.